The van der Waals surface area contributed by atoms with Gasteiger partial charge in [0.2, 0.25) is 0 Å². The molecule has 1 heterocycles. The van der Waals surface area contributed by atoms with Crippen molar-refractivity contribution in [3.63, 3.8) is 0 Å². The van der Waals surface area contributed by atoms with Crippen LogP contribution in [-0.4, -0.2) is 35.2 Å². The summed E-state index contributed by atoms with van der Waals surface area (Å²) in [5.41, 5.74) is 1.50. The van der Waals surface area contributed by atoms with Gasteiger partial charge in [0.15, 0.2) is 0 Å². The van der Waals surface area contributed by atoms with Crippen LogP contribution < -0.4 is 4.74 Å². The Morgan fingerprint density at radius 1 is 1.16 bits per heavy atom. The van der Waals surface area contributed by atoms with Crippen LogP contribution in [-0.2, 0) is 20.9 Å². The van der Waals surface area contributed by atoms with Gasteiger partial charge in [-0.2, -0.15) is 0 Å². The molecule has 2 aromatic carbocycles. The average Bonchev–Trinajstić information content (AvgIpc) is 3.01. The van der Waals surface area contributed by atoms with Crippen LogP contribution in [0.25, 0.3) is 6.08 Å². The van der Waals surface area contributed by atoms with E-state index in [0.29, 0.717) is 30.3 Å². The molecule has 6 nitrogen and oxygen atoms in total. The number of thioether (sulfide) groups is 1. The van der Waals surface area contributed by atoms with Crippen molar-refractivity contribution in [2.24, 2.45) is 0 Å². The first-order valence-corrected chi connectivity index (χ1v) is 12.2. The normalized spacial score (nSPS) is 15.9. The minimum absolute atomic E-state index is 0.203. The van der Waals surface area contributed by atoms with E-state index < -0.39 is 23.2 Å². The Balaban J connectivity index is 1.79. The number of hydrogen-bond donors (Lipinski definition) is 0. The fourth-order valence-electron chi connectivity index (χ4n) is 2.83. The van der Waals surface area contributed by atoms with E-state index in [1.54, 1.807) is 30.3 Å². The highest BCUT2D eigenvalue weighted by molar-refractivity contribution is 9.11. The summed E-state index contributed by atoms with van der Waals surface area (Å²) in [5, 5.41) is 0.378. The fourth-order valence-corrected chi connectivity index (χ4v) is 5.51. The molecule has 0 aliphatic carbocycles. The maximum Gasteiger partial charge on any atom is 0.328 e. The summed E-state index contributed by atoms with van der Waals surface area (Å²) in [6, 6.07) is 7.75. The molecule has 0 bridgehead atoms. The highest BCUT2D eigenvalue weighted by Gasteiger charge is 2.41. The highest BCUT2D eigenvalue weighted by atomic mass is 79.9. The molecule has 2 amide bonds. The maximum atomic E-state index is 12.7. The predicted molar refractivity (Wildman–Crippen MR) is 132 cm³/mol. The number of carbonyl (C=O) groups is 3. The molecule has 1 saturated heterocycles. The molecule has 168 valence electrons. The molecule has 0 radical (unpaired) electrons. The number of amides is 2. The van der Waals surface area contributed by atoms with Crippen LogP contribution in [0.1, 0.15) is 18.1 Å². The van der Waals surface area contributed by atoms with Crippen molar-refractivity contribution in [2.45, 2.75) is 19.6 Å². The molecule has 0 spiro atoms. The Kier molecular flexibility index (Phi) is 8.32. The number of ether oxygens (including phenoxy) is 2. The van der Waals surface area contributed by atoms with E-state index in [4.69, 9.17) is 27.9 Å². The van der Waals surface area contributed by atoms with Gasteiger partial charge in [-0.05, 0) is 92.0 Å². The topological polar surface area (TPSA) is 72.9 Å². The van der Waals surface area contributed by atoms with E-state index in [2.05, 4.69) is 36.6 Å². The number of rotatable bonds is 6. The first-order valence-electron chi connectivity index (χ1n) is 9.03. The molecule has 3 rings (SSSR count). The van der Waals surface area contributed by atoms with Crippen LogP contribution >= 0.6 is 66.8 Å². The van der Waals surface area contributed by atoms with Gasteiger partial charge in [-0.3, -0.25) is 14.5 Å². The van der Waals surface area contributed by atoms with Crippen LogP contribution in [0.4, 0.5) is 4.79 Å². The lowest BCUT2D eigenvalue weighted by molar-refractivity contribution is -0.148. The van der Waals surface area contributed by atoms with Gasteiger partial charge in [0.25, 0.3) is 11.1 Å². The molecule has 0 aromatic heterocycles. The van der Waals surface area contributed by atoms with E-state index in [1.807, 2.05) is 6.07 Å². The van der Waals surface area contributed by atoms with E-state index >= 15 is 0 Å². The fraction of sp³-hybridized carbons (Fsp3) is 0.190. The second-order valence-electron chi connectivity index (χ2n) is 6.60. The van der Waals surface area contributed by atoms with E-state index in [-0.39, 0.29) is 11.5 Å². The number of benzene rings is 2. The van der Waals surface area contributed by atoms with Gasteiger partial charge in [-0.15, -0.1) is 0 Å². The summed E-state index contributed by atoms with van der Waals surface area (Å²) >= 11 is 19.7. The standard InChI is InChI=1S/C21H15Br2Cl2NO5S/c1-10(20(28)30-2)26-19(27)17(32-21(26)29)8-12-5-13(22)18(14(23)6-12)31-9-11-3-4-15(24)16(25)7-11/h3-8,10H,9H2,1-2H3/b17-8+/t10-/m0/s1. The first-order chi connectivity index (χ1) is 15.1. The number of carbonyl (C=O) groups excluding carboxylic acids is 3. The molecule has 1 aliphatic rings. The Hall–Kier alpha value is -1.52. The van der Waals surface area contributed by atoms with Crippen molar-refractivity contribution in [2.75, 3.05) is 7.11 Å². The number of nitrogens with zero attached hydrogens (tertiary/aromatic N) is 1. The Bertz CT molecular complexity index is 1120. The largest absolute Gasteiger partial charge is 0.487 e. The summed E-state index contributed by atoms with van der Waals surface area (Å²) in [6.45, 7) is 1.70. The summed E-state index contributed by atoms with van der Waals surface area (Å²) in [6.07, 6.45) is 1.58. The smallest absolute Gasteiger partial charge is 0.328 e. The van der Waals surface area contributed by atoms with Crippen molar-refractivity contribution in [1.29, 1.82) is 0 Å². The first kappa shape index (κ1) is 25.1. The molecule has 32 heavy (non-hydrogen) atoms. The number of imide groups is 1. The molecule has 1 atom stereocenters. The third-order valence-electron chi connectivity index (χ3n) is 4.44. The number of halogens is 4. The van der Waals surface area contributed by atoms with Crippen molar-refractivity contribution >= 4 is 90.0 Å². The van der Waals surface area contributed by atoms with Crippen molar-refractivity contribution in [3.05, 3.63) is 65.4 Å². The zero-order valence-electron chi connectivity index (χ0n) is 16.7. The third kappa shape index (κ3) is 5.51. The third-order valence-corrected chi connectivity index (χ3v) is 7.24. The molecule has 2 aromatic rings. The zero-order chi connectivity index (χ0) is 23.6. The van der Waals surface area contributed by atoms with Gasteiger partial charge in [-0.1, -0.05) is 29.3 Å². The predicted octanol–water partition coefficient (Wildman–Crippen LogP) is 6.70. The summed E-state index contributed by atoms with van der Waals surface area (Å²) in [7, 11) is 1.20. The Morgan fingerprint density at radius 3 is 2.41 bits per heavy atom. The van der Waals surface area contributed by atoms with E-state index in [0.717, 1.165) is 22.2 Å². The van der Waals surface area contributed by atoms with Gasteiger partial charge in [0.05, 0.1) is 31.0 Å². The molecule has 0 saturated carbocycles. The number of hydrogen-bond acceptors (Lipinski definition) is 6. The van der Waals surface area contributed by atoms with Crippen molar-refractivity contribution in [3.8, 4) is 5.75 Å². The average molecular weight is 624 g/mol. The van der Waals surface area contributed by atoms with Gasteiger partial charge >= 0.3 is 5.97 Å². The zero-order valence-corrected chi connectivity index (χ0v) is 22.2. The number of esters is 1. The second kappa shape index (κ2) is 10.6. The lowest BCUT2D eigenvalue weighted by Gasteiger charge is -2.18. The van der Waals surface area contributed by atoms with Crippen LogP contribution in [0, 0.1) is 0 Å². The summed E-state index contributed by atoms with van der Waals surface area (Å²) in [4.78, 5) is 37.8. The maximum absolute atomic E-state index is 12.7. The SMILES string of the molecule is COC(=O)[C@H](C)N1C(=O)S/C(=C/c2cc(Br)c(OCc3ccc(Cl)c(Cl)c3)c(Br)c2)C1=O. The van der Waals surface area contributed by atoms with Gasteiger partial charge in [-0.25, -0.2) is 4.79 Å². The second-order valence-corrected chi connectivity index (χ2v) is 10.1. The molecule has 1 fully saturated rings. The van der Waals surface area contributed by atoms with E-state index in [1.165, 1.54) is 14.0 Å². The molecular weight excluding hydrogens is 609 g/mol. The molecular formula is C21H15Br2Cl2NO5S. The van der Waals surface area contributed by atoms with Gasteiger partial charge in [0.1, 0.15) is 18.4 Å². The van der Waals surface area contributed by atoms with Crippen molar-refractivity contribution in [1.82, 2.24) is 4.90 Å². The van der Waals surface area contributed by atoms with Gasteiger partial charge in [0, 0.05) is 0 Å². The lowest BCUT2D eigenvalue weighted by Crippen LogP contribution is -2.42. The van der Waals surface area contributed by atoms with Gasteiger partial charge < -0.3 is 9.47 Å². The molecule has 0 N–H and O–H groups in total. The summed E-state index contributed by atoms with van der Waals surface area (Å²) in [5.74, 6) is -0.659. The molecule has 1 aliphatic heterocycles. The molecule has 11 heteroatoms. The van der Waals surface area contributed by atoms with Crippen LogP contribution in [0.15, 0.2) is 44.2 Å². The lowest BCUT2D eigenvalue weighted by atomic mass is 10.2. The van der Waals surface area contributed by atoms with Crippen LogP contribution in [0.2, 0.25) is 10.0 Å². The summed E-state index contributed by atoms with van der Waals surface area (Å²) < 4.78 is 11.8. The minimum atomic E-state index is -1.01. The van der Waals surface area contributed by atoms with Crippen LogP contribution in [0.5, 0.6) is 5.75 Å². The van der Waals surface area contributed by atoms with Crippen molar-refractivity contribution < 1.29 is 23.9 Å². The quantitative estimate of drug-likeness (QED) is 0.264. The number of methoxy groups -OCH3 is 1. The molecule has 0 unspecified atom stereocenters. The van der Waals surface area contributed by atoms with E-state index in [9.17, 15) is 14.4 Å². The van der Waals surface area contributed by atoms with Crippen LogP contribution in [0.3, 0.4) is 0 Å². The Morgan fingerprint density at radius 2 is 1.81 bits per heavy atom. The highest BCUT2D eigenvalue weighted by Crippen LogP contribution is 2.38. The Labute approximate surface area is 215 Å². The monoisotopic (exact) mass is 621 g/mol. The minimum Gasteiger partial charge on any atom is -0.487 e.